The van der Waals surface area contributed by atoms with Crippen molar-refractivity contribution in [2.75, 3.05) is 0 Å². The maximum atomic E-state index is 12.9. The molecule has 3 atom stereocenters. The fraction of sp³-hybridized carbons (Fsp3) is 0.400. The van der Waals surface area contributed by atoms with Crippen molar-refractivity contribution in [1.82, 2.24) is 15.6 Å². The predicted molar refractivity (Wildman–Crippen MR) is 110 cm³/mol. The summed E-state index contributed by atoms with van der Waals surface area (Å²) >= 11 is 0. The van der Waals surface area contributed by atoms with Gasteiger partial charge in [0, 0.05) is 23.5 Å². The van der Waals surface area contributed by atoms with E-state index in [1.165, 1.54) is 0 Å². The summed E-state index contributed by atoms with van der Waals surface area (Å²) < 4.78 is 0. The molecule has 0 aliphatic carbocycles. The summed E-state index contributed by atoms with van der Waals surface area (Å²) in [4.78, 5) is 50.9. The van der Waals surface area contributed by atoms with Crippen molar-refractivity contribution in [2.45, 2.75) is 44.8 Å². The number of fused-ring (bicyclic) bond motifs is 1. The average molecular weight is 417 g/mol. The van der Waals surface area contributed by atoms with Crippen molar-refractivity contribution in [1.29, 1.82) is 0 Å². The highest BCUT2D eigenvalue weighted by Gasteiger charge is 2.30. The molecule has 0 radical (unpaired) electrons. The third-order valence-corrected chi connectivity index (χ3v) is 4.72. The van der Waals surface area contributed by atoms with Crippen LogP contribution in [-0.2, 0) is 25.6 Å². The summed E-state index contributed by atoms with van der Waals surface area (Å²) in [6, 6.07) is 3.99. The van der Waals surface area contributed by atoms with Crippen molar-refractivity contribution < 1.29 is 24.3 Å². The Labute approximate surface area is 173 Å². The first-order chi connectivity index (χ1) is 14.1. The highest BCUT2D eigenvalue weighted by Crippen LogP contribution is 2.19. The second kappa shape index (κ2) is 9.88. The Bertz CT molecular complexity index is 939. The predicted octanol–water partition coefficient (Wildman–Crippen LogP) is -0.377. The summed E-state index contributed by atoms with van der Waals surface area (Å²) in [5.74, 6) is -3.69. The number of aromatic amines is 1. The number of benzene rings is 1. The lowest BCUT2D eigenvalue weighted by Crippen LogP contribution is -2.56. The van der Waals surface area contributed by atoms with Gasteiger partial charge in [0.25, 0.3) is 0 Å². The monoisotopic (exact) mass is 417 g/mol. The molecule has 0 unspecified atom stereocenters. The molecular formula is C20H27N5O5. The van der Waals surface area contributed by atoms with E-state index in [-0.39, 0.29) is 18.8 Å². The zero-order valence-corrected chi connectivity index (χ0v) is 16.8. The SMILES string of the molecule is CC(C)[C@H](NC(=O)[C@H](Cc1c[nH]c2ccccc12)NC(=O)[C@@H](N)CC(N)=O)C(=O)O. The van der Waals surface area contributed by atoms with Crippen LogP contribution in [-0.4, -0.2) is 51.9 Å². The number of carboxylic acid groups (broad SMARTS) is 1. The Morgan fingerprint density at radius 3 is 2.37 bits per heavy atom. The van der Waals surface area contributed by atoms with Crippen molar-refractivity contribution in [2.24, 2.45) is 17.4 Å². The van der Waals surface area contributed by atoms with E-state index in [1.807, 2.05) is 24.3 Å². The molecule has 2 rings (SSSR count). The van der Waals surface area contributed by atoms with Crippen LogP contribution in [0.3, 0.4) is 0 Å². The summed E-state index contributed by atoms with van der Waals surface area (Å²) in [6.07, 6.45) is 1.43. The minimum atomic E-state index is -1.22. The van der Waals surface area contributed by atoms with Gasteiger partial charge in [-0.2, -0.15) is 0 Å². The molecule has 1 aromatic carbocycles. The number of H-pyrrole nitrogens is 1. The van der Waals surface area contributed by atoms with Gasteiger partial charge in [0.05, 0.1) is 12.5 Å². The maximum Gasteiger partial charge on any atom is 0.326 e. The van der Waals surface area contributed by atoms with E-state index in [0.29, 0.717) is 0 Å². The first kappa shape index (κ1) is 22.9. The van der Waals surface area contributed by atoms with E-state index in [0.717, 1.165) is 16.5 Å². The molecule has 10 nitrogen and oxygen atoms in total. The van der Waals surface area contributed by atoms with Crippen LogP contribution < -0.4 is 22.1 Å². The van der Waals surface area contributed by atoms with Crippen LogP contribution in [0.5, 0.6) is 0 Å². The number of hydrogen-bond donors (Lipinski definition) is 6. The Morgan fingerprint density at radius 2 is 1.77 bits per heavy atom. The standard InChI is InChI=1S/C20H27N5O5/c1-10(2)17(20(29)30)25-19(28)15(24-18(27)13(21)8-16(22)26)7-11-9-23-14-6-4-3-5-12(11)14/h3-6,9-10,13,15,17,23H,7-8,21H2,1-2H3,(H2,22,26)(H,24,27)(H,25,28)(H,29,30)/t13-,15-,17-/m0/s1. The molecule has 0 bridgehead atoms. The van der Waals surface area contributed by atoms with Gasteiger partial charge in [-0.05, 0) is 17.5 Å². The van der Waals surface area contributed by atoms with E-state index < -0.39 is 41.8 Å². The van der Waals surface area contributed by atoms with Gasteiger partial charge in [-0.3, -0.25) is 14.4 Å². The van der Waals surface area contributed by atoms with E-state index in [9.17, 15) is 24.3 Å². The number of nitrogens with one attached hydrogen (secondary N) is 3. The molecule has 10 heteroatoms. The van der Waals surface area contributed by atoms with Gasteiger partial charge in [-0.25, -0.2) is 4.79 Å². The van der Waals surface area contributed by atoms with Crippen LogP contribution in [0, 0.1) is 5.92 Å². The molecule has 1 heterocycles. The third kappa shape index (κ3) is 5.80. The summed E-state index contributed by atoms with van der Waals surface area (Å²) in [5, 5.41) is 15.2. The van der Waals surface area contributed by atoms with Gasteiger partial charge in [-0.15, -0.1) is 0 Å². The van der Waals surface area contributed by atoms with Crippen molar-refractivity contribution in [3.8, 4) is 0 Å². The molecule has 8 N–H and O–H groups in total. The topological polar surface area (TPSA) is 180 Å². The number of carboxylic acids is 1. The Balaban J connectivity index is 2.26. The summed E-state index contributed by atoms with van der Waals surface area (Å²) in [6.45, 7) is 3.32. The fourth-order valence-corrected chi connectivity index (χ4v) is 3.09. The Morgan fingerprint density at radius 1 is 1.10 bits per heavy atom. The average Bonchev–Trinajstić information content (AvgIpc) is 3.07. The van der Waals surface area contributed by atoms with E-state index in [4.69, 9.17) is 11.5 Å². The number of carbonyl (C=O) groups excluding carboxylic acids is 3. The number of aliphatic carboxylic acids is 1. The maximum absolute atomic E-state index is 12.9. The molecule has 0 spiro atoms. The minimum absolute atomic E-state index is 0.0926. The fourth-order valence-electron chi connectivity index (χ4n) is 3.09. The first-order valence-corrected chi connectivity index (χ1v) is 9.52. The number of rotatable bonds is 10. The summed E-state index contributed by atoms with van der Waals surface area (Å²) in [7, 11) is 0. The summed E-state index contributed by atoms with van der Waals surface area (Å²) in [5.41, 5.74) is 12.4. The molecule has 3 amide bonds. The van der Waals surface area contributed by atoms with Gasteiger partial charge < -0.3 is 32.2 Å². The first-order valence-electron chi connectivity index (χ1n) is 9.52. The zero-order chi connectivity index (χ0) is 22.4. The van der Waals surface area contributed by atoms with Crippen LogP contribution in [0.1, 0.15) is 25.8 Å². The molecule has 162 valence electrons. The van der Waals surface area contributed by atoms with E-state index in [2.05, 4.69) is 15.6 Å². The van der Waals surface area contributed by atoms with Gasteiger partial charge >= 0.3 is 5.97 Å². The zero-order valence-electron chi connectivity index (χ0n) is 16.8. The number of amides is 3. The largest absolute Gasteiger partial charge is 0.480 e. The molecule has 0 aliphatic heterocycles. The lowest BCUT2D eigenvalue weighted by atomic mass is 10.0. The molecule has 1 aromatic heterocycles. The van der Waals surface area contributed by atoms with Crippen LogP contribution in [0.25, 0.3) is 10.9 Å². The van der Waals surface area contributed by atoms with Crippen LogP contribution in [0.2, 0.25) is 0 Å². The third-order valence-electron chi connectivity index (χ3n) is 4.72. The van der Waals surface area contributed by atoms with Crippen LogP contribution >= 0.6 is 0 Å². The van der Waals surface area contributed by atoms with Crippen molar-refractivity contribution in [3.05, 3.63) is 36.0 Å². The molecule has 0 aliphatic rings. The second-order valence-electron chi connectivity index (χ2n) is 7.47. The number of para-hydroxylation sites is 1. The van der Waals surface area contributed by atoms with Gasteiger partial charge in [0.1, 0.15) is 12.1 Å². The highest BCUT2D eigenvalue weighted by atomic mass is 16.4. The van der Waals surface area contributed by atoms with Crippen LogP contribution in [0.15, 0.2) is 30.5 Å². The van der Waals surface area contributed by atoms with Gasteiger partial charge in [0.2, 0.25) is 17.7 Å². The number of aromatic nitrogens is 1. The molecule has 2 aromatic rings. The second-order valence-corrected chi connectivity index (χ2v) is 7.47. The van der Waals surface area contributed by atoms with Gasteiger partial charge in [-0.1, -0.05) is 32.0 Å². The molecule has 0 fully saturated rings. The molecule has 0 saturated carbocycles. The highest BCUT2D eigenvalue weighted by molar-refractivity contribution is 5.94. The molecule has 30 heavy (non-hydrogen) atoms. The number of carbonyl (C=O) groups is 4. The smallest absolute Gasteiger partial charge is 0.326 e. The number of nitrogens with two attached hydrogens (primary N) is 2. The normalized spacial score (nSPS) is 14.1. The molecular weight excluding hydrogens is 390 g/mol. The van der Waals surface area contributed by atoms with E-state index in [1.54, 1.807) is 20.0 Å². The Kier molecular flexibility index (Phi) is 7.54. The van der Waals surface area contributed by atoms with Gasteiger partial charge in [0.15, 0.2) is 0 Å². The van der Waals surface area contributed by atoms with Crippen LogP contribution in [0.4, 0.5) is 0 Å². The lowest BCUT2D eigenvalue weighted by molar-refractivity contribution is -0.143. The minimum Gasteiger partial charge on any atom is -0.480 e. The number of hydrogen-bond acceptors (Lipinski definition) is 5. The molecule has 0 saturated heterocycles. The van der Waals surface area contributed by atoms with E-state index >= 15 is 0 Å². The quantitative estimate of drug-likeness (QED) is 0.306. The van der Waals surface area contributed by atoms with Crippen molar-refractivity contribution >= 4 is 34.6 Å². The lowest BCUT2D eigenvalue weighted by Gasteiger charge is -2.24. The Hall–Kier alpha value is -3.40. The van der Waals surface area contributed by atoms with Crippen molar-refractivity contribution in [3.63, 3.8) is 0 Å². The number of primary amides is 1.